The molecule has 0 atom stereocenters. The molecule has 0 saturated heterocycles. The van der Waals surface area contributed by atoms with Gasteiger partial charge in [-0.05, 0) is 37.5 Å². The number of hydrogen-bond donors (Lipinski definition) is 2. The molecule has 2 N–H and O–H groups in total. The molecule has 5 heteroatoms. The number of benzene rings is 2. The van der Waals surface area contributed by atoms with Crippen molar-refractivity contribution in [1.29, 1.82) is 0 Å². The van der Waals surface area contributed by atoms with Crippen molar-refractivity contribution < 1.29 is 14.3 Å². The van der Waals surface area contributed by atoms with Crippen molar-refractivity contribution in [1.82, 2.24) is 5.32 Å². The fraction of sp³-hybridized carbons (Fsp3) is 0.350. The lowest BCUT2D eigenvalue weighted by atomic mass is 9.95. The number of carbonyl (C=O) groups excluding carboxylic acids is 1. The molecule has 0 spiro atoms. The lowest BCUT2D eigenvalue weighted by Crippen LogP contribution is -2.35. The number of anilines is 1. The third-order valence-corrected chi connectivity index (χ3v) is 4.76. The third-order valence-electron chi connectivity index (χ3n) is 4.76. The molecule has 0 heterocycles. The SMILES string of the molecule is COc1ccc(OC)c(NC(=O)NCC2(c3ccc(C)cc3)CC2)c1. The molecule has 5 nitrogen and oxygen atoms in total. The van der Waals surface area contributed by atoms with Crippen LogP contribution >= 0.6 is 0 Å². The maximum atomic E-state index is 12.3. The quantitative estimate of drug-likeness (QED) is 0.839. The predicted molar refractivity (Wildman–Crippen MR) is 98.7 cm³/mol. The monoisotopic (exact) mass is 340 g/mol. The number of amides is 2. The Kier molecular flexibility index (Phi) is 4.83. The number of rotatable bonds is 6. The highest BCUT2D eigenvalue weighted by atomic mass is 16.5. The van der Waals surface area contributed by atoms with E-state index in [-0.39, 0.29) is 11.4 Å². The summed E-state index contributed by atoms with van der Waals surface area (Å²) in [6.45, 7) is 2.70. The average Bonchev–Trinajstić information content (AvgIpc) is 3.41. The van der Waals surface area contributed by atoms with Gasteiger partial charge in [-0.25, -0.2) is 4.79 Å². The van der Waals surface area contributed by atoms with Gasteiger partial charge in [-0.3, -0.25) is 0 Å². The first-order chi connectivity index (χ1) is 12.1. The predicted octanol–water partition coefficient (Wildman–Crippen LogP) is 3.87. The second-order valence-electron chi connectivity index (χ2n) is 6.52. The standard InChI is InChI=1S/C20H24N2O3/c1-14-4-6-15(7-5-14)20(10-11-20)13-21-19(23)22-17-12-16(24-2)8-9-18(17)25-3/h4-9,12H,10-11,13H2,1-3H3,(H2,21,22,23). The Labute approximate surface area is 148 Å². The minimum Gasteiger partial charge on any atom is -0.497 e. The van der Waals surface area contributed by atoms with Crippen LogP contribution in [0.5, 0.6) is 11.5 Å². The molecule has 0 aromatic heterocycles. The van der Waals surface area contributed by atoms with Gasteiger partial charge in [0, 0.05) is 18.0 Å². The molecule has 2 aromatic rings. The molecule has 0 aliphatic heterocycles. The van der Waals surface area contributed by atoms with Gasteiger partial charge in [-0.15, -0.1) is 0 Å². The van der Waals surface area contributed by atoms with E-state index < -0.39 is 0 Å². The fourth-order valence-electron chi connectivity index (χ4n) is 2.95. The van der Waals surface area contributed by atoms with E-state index in [0.717, 1.165) is 12.8 Å². The lowest BCUT2D eigenvalue weighted by molar-refractivity contribution is 0.251. The summed E-state index contributed by atoms with van der Waals surface area (Å²) in [5.41, 5.74) is 3.19. The molecular formula is C20H24N2O3. The van der Waals surface area contributed by atoms with Crippen LogP contribution in [-0.4, -0.2) is 26.8 Å². The van der Waals surface area contributed by atoms with E-state index in [0.29, 0.717) is 23.7 Å². The lowest BCUT2D eigenvalue weighted by Gasteiger charge is -2.18. The van der Waals surface area contributed by atoms with Gasteiger partial charge in [0.15, 0.2) is 0 Å². The number of carbonyl (C=O) groups is 1. The smallest absolute Gasteiger partial charge is 0.319 e. The normalized spacial score (nSPS) is 14.5. The van der Waals surface area contributed by atoms with E-state index in [2.05, 4.69) is 41.8 Å². The van der Waals surface area contributed by atoms with Crippen molar-refractivity contribution in [2.24, 2.45) is 0 Å². The molecule has 1 aliphatic rings. The molecule has 3 rings (SSSR count). The second kappa shape index (κ2) is 7.05. The number of aryl methyl sites for hydroxylation is 1. The first-order valence-electron chi connectivity index (χ1n) is 8.40. The van der Waals surface area contributed by atoms with Crippen LogP contribution in [0.3, 0.4) is 0 Å². The van der Waals surface area contributed by atoms with Crippen LogP contribution in [0.2, 0.25) is 0 Å². The molecule has 0 radical (unpaired) electrons. The molecule has 25 heavy (non-hydrogen) atoms. The highest BCUT2D eigenvalue weighted by Crippen LogP contribution is 2.47. The first-order valence-corrected chi connectivity index (χ1v) is 8.40. The Balaban J connectivity index is 1.63. The van der Waals surface area contributed by atoms with E-state index in [4.69, 9.17) is 9.47 Å². The summed E-state index contributed by atoms with van der Waals surface area (Å²) in [6, 6.07) is 13.6. The topological polar surface area (TPSA) is 59.6 Å². The number of urea groups is 1. The van der Waals surface area contributed by atoms with E-state index in [1.807, 2.05) is 0 Å². The summed E-state index contributed by atoms with van der Waals surface area (Å²) in [6.07, 6.45) is 2.19. The van der Waals surface area contributed by atoms with Crippen LogP contribution in [0, 0.1) is 6.92 Å². The van der Waals surface area contributed by atoms with Crippen molar-refractivity contribution in [3.63, 3.8) is 0 Å². The molecule has 1 aliphatic carbocycles. The minimum absolute atomic E-state index is 0.0729. The Hall–Kier alpha value is -2.69. The zero-order valence-electron chi connectivity index (χ0n) is 14.9. The largest absolute Gasteiger partial charge is 0.497 e. The van der Waals surface area contributed by atoms with Gasteiger partial charge < -0.3 is 20.1 Å². The maximum absolute atomic E-state index is 12.3. The summed E-state index contributed by atoms with van der Waals surface area (Å²) >= 11 is 0. The molecule has 1 saturated carbocycles. The minimum atomic E-state index is -0.245. The van der Waals surface area contributed by atoms with E-state index in [1.54, 1.807) is 32.4 Å². The molecule has 2 aromatic carbocycles. The van der Waals surface area contributed by atoms with Crippen LogP contribution < -0.4 is 20.1 Å². The Bertz CT molecular complexity index is 752. The van der Waals surface area contributed by atoms with Gasteiger partial charge in [-0.1, -0.05) is 29.8 Å². The zero-order chi connectivity index (χ0) is 17.9. The van der Waals surface area contributed by atoms with Crippen LogP contribution in [0.4, 0.5) is 10.5 Å². The summed E-state index contributed by atoms with van der Waals surface area (Å²) in [4.78, 5) is 12.3. The molecule has 2 amide bonds. The zero-order valence-corrected chi connectivity index (χ0v) is 14.9. The fourth-order valence-corrected chi connectivity index (χ4v) is 2.95. The van der Waals surface area contributed by atoms with Gasteiger partial charge >= 0.3 is 6.03 Å². The molecule has 1 fully saturated rings. The van der Waals surface area contributed by atoms with Gasteiger partial charge in [0.1, 0.15) is 11.5 Å². The summed E-state index contributed by atoms with van der Waals surface area (Å²) < 4.78 is 10.5. The Morgan fingerprint density at radius 3 is 2.40 bits per heavy atom. The van der Waals surface area contributed by atoms with Crippen LogP contribution in [-0.2, 0) is 5.41 Å². The molecule has 132 valence electrons. The van der Waals surface area contributed by atoms with Crippen molar-refractivity contribution in [2.45, 2.75) is 25.2 Å². The summed E-state index contributed by atoms with van der Waals surface area (Å²) in [5, 5.41) is 5.83. The summed E-state index contributed by atoms with van der Waals surface area (Å²) in [5.74, 6) is 1.25. The van der Waals surface area contributed by atoms with Crippen molar-refractivity contribution in [2.75, 3.05) is 26.1 Å². The highest BCUT2D eigenvalue weighted by Gasteiger charge is 2.44. The molecule has 0 bridgehead atoms. The van der Waals surface area contributed by atoms with Gasteiger partial charge in [0.05, 0.1) is 19.9 Å². The number of ether oxygens (including phenoxy) is 2. The molecule has 0 unspecified atom stereocenters. The van der Waals surface area contributed by atoms with Gasteiger partial charge in [0.25, 0.3) is 0 Å². The second-order valence-corrected chi connectivity index (χ2v) is 6.52. The Morgan fingerprint density at radius 2 is 1.80 bits per heavy atom. The number of hydrogen-bond acceptors (Lipinski definition) is 3. The highest BCUT2D eigenvalue weighted by molar-refractivity contribution is 5.91. The number of methoxy groups -OCH3 is 2. The van der Waals surface area contributed by atoms with Crippen LogP contribution in [0.1, 0.15) is 24.0 Å². The van der Waals surface area contributed by atoms with E-state index in [9.17, 15) is 4.79 Å². The maximum Gasteiger partial charge on any atom is 0.319 e. The van der Waals surface area contributed by atoms with Crippen molar-refractivity contribution >= 4 is 11.7 Å². The van der Waals surface area contributed by atoms with E-state index in [1.165, 1.54) is 11.1 Å². The van der Waals surface area contributed by atoms with Crippen molar-refractivity contribution in [3.8, 4) is 11.5 Å². The van der Waals surface area contributed by atoms with Gasteiger partial charge in [-0.2, -0.15) is 0 Å². The van der Waals surface area contributed by atoms with Gasteiger partial charge in [0.2, 0.25) is 0 Å². The number of nitrogens with one attached hydrogen (secondary N) is 2. The third kappa shape index (κ3) is 3.87. The van der Waals surface area contributed by atoms with Crippen LogP contribution in [0.25, 0.3) is 0 Å². The average molecular weight is 340 g/mol. The molecular weight excluding hydrogens is 316 g/mol. The van der Waals surface area contributed by atoms with E-state index >= 15 is 0 Å². The van der Waals surface area contributed by atoms with Crippen LogP contribution in [0.15, 0.2) is 42.5 Å². The van der Waals surface area contributed by atoms with Crippen molar-refractivity contribution in [3.05, 3.63) is 53.6 Å². The summed E-state index contributed by atoms with van der Waals surface area (Å²) in [7, 11) is 3.16. The first kappa shape index (κ1) is 17.1. The Morgan fingerprint density at radius 1 is 1.08 bits per heavy atom.